The number of phosphoric ester groups is 3. The minimum Gasteiger partial charge on any atom is -0.508 e. The van der Waals surface area contributed by atoms with Crippen molar-refractivity contribution in [2.24, 2.45) is 5.41 Å². The maximum Gasteiger partial charge on any atom is 0.481 e. The molecule has 70 heavy (non-hydrogen) atoms. The maximum absolute atomic E-state index is 12.7. The average molecular weight is 1070 g/mol. The molecule has 1 fully saturated rings. The van der Waals surface area contributed by atoms with E-state index >= 15 is 0 Å². The Kier molecular flexibility index (Phi) is 25.8. The molecular weight excluding hydrogens is 1000 g/mol. The number of ether oxygens (including phenoxy) is 1. The molecule has 29 heteroatoms. The number of allylic oxidation sites excluding steroid dienone is 6. The zero-order chi connectivity index (χ0) is 52.0. The largest absolute Gasteiger partial charge is 0.508 e. The van der Waals surface area contributed by atoms with Gasteiger partial charge in [0.05, 0.1) is 19.5 Å². The van der Waals surface area contributed by atoms with Crippen LogP contribution in [0.1, 0.15) is 97.6 Å². The zero-order valence-electron chi connectivity index (χ0n) is 39.1. The first-order valence-electron chi connectivity index (χ1n) is 22.4. The fraction of sp³-hybridized carbons (Fsp3) is 0.610. The van der Waals surface area contributed by atoms with Crippen molar-refractivity contribution in [2.45, 2.75) is 122 Å². The molecule has 0 aromatic carbocycles. The van der Waals surface area contributed by atoms with Crippen molar-refractivity contribution >= 4 is 69.1 Å². The molecule has 0 radical (unpaired) electrons. The Morgan fingerprint density at radius 3 is 2.27 bits per heavy atom. The number of aliphatic hydroxyl groups is 3. The number of nitrogens with one attached hydrogen (secondary N) is 2. The lowest BCUT2D eigenvalue weighted by atomic mass is 9.87. The normalized spacial score (nSPS) is 20.3. The van der Waals surface area contributed by atoms with Crippen LogP contribution in [-0.2, 0) is 50.7 Å². The number of rotatable bonds is 33. The summed E-state index contributed by atoms with van der Waals surface area (Å²) in [6, 6.07) is 0. The monoisotopic (exact) mass is 1070 g/mol. The minimum absolute atomic E-state index is 0.0237. The number of aliphatic hydroxyl groups excluding tert-OH is 3. The number of nitrogen functional groups attached to an aromatic ring is 1. The summed E-state index contributed by atoms with van der Waals surface area (Å²) >= 11 is 0.863. The van der Waals surface area contributed by atoms with Crippen molar-refractivity contribution in [1.82, 2.24) is 30.2 Å². The molecule has 1 aliphatic rings. The fourth-order valence-electron chi connectivity index (χ4n) is 6.52. The molecule has 2 aromatic rings. The molecule has 3 heterocycles. The topological polar surface area (TPSA) is 384 Å². The molecule has 7 atom stereocenters. The molecule has 0 spiro atoms. The van der Waals surface area contributed by atoms with Gasteiger partial charge < -0.3 is 56.0 Å². The van der Waals surface area contributed by atoms with Crippen LogP contribution in [0.4, 0.5) is 5.82 Å². The Hall–Kier alpha value is -3.68. The molecule has 11 N–H and O–H groups in total. The van der Waals surface area contributed by atoms with E-state index in [1.165, 1.54) is 71.3 Å². The second-order valence-electron chi connectivity index (χ2n) is 16.6. The van der Waals surface area contributed by atoms with Crippen molar-refractivity contribution < 1.29 is 85.6 Å². The Balaban J connectivity index is 1.34. The first-order valence-corrected chi connectivity index (χ1v) is 27.9. The predicted octanol–water partition coefficient (Wildman–Crippen LogP) is 4.70. The SMILES string of the molecule is CCCCCCCCCCCC=CC=CC=CC(O)=CC(=O)SCCNC(=O)CCNC(=O)[C@H](O)C(C)(C)COP(=O)(O)OP(=O)(O)OC[C@H]1O[C@@H](n2cnc3c(N)ncnc32)[C@H](O)[C@@H]1OP(=O)(O)O. The number of phosphoric acid groups is 3. The summed E-state index contributed by atoms with van der Waals surface area (Å²) < 4.78 is 62.4. The number of carbonyl (C=O) groups excluding carboxylic acids is 3. The molecule has 3 rings (SSSR count). The van der Waals surface area contributed by atoms with E-state index < -0.39 is 89.7 Å². The molecule has 2 amide bonds. The van der Waals surface area contributed by atoms with Gasteiger partial charge in [0.2, 0.25) is 16.9 Å². The summed E-state index contributed by atoms with van der Waals surface area (Å²) in [5, 5.41) is 36.0. The predicted molar refractivity (Wildman–Crippen MR) is 257 cm³/mol. The van der Waals surface area contributed by atoms with Gasteiger partial charge in [0, 0.05) is 36.8 Å². The zero-order valence-corrected chi connectivity index (χ0v) is 42.6. The van der Waals surface area contributed by atoms with E-state index in [1.807, 2.05) is 12.2 Å². The summed E-state index contributed by atoms with van der Waals surface area (Å²) in [6.07, 6.45) is 17.1. The molecule has 0 aliphatic carbocycles. The minimum atomic E-state index is -5.60. The number of nitrogens with zero attached hydrogens (tertiary/aromatic N) is 4. The lowest BCUT2D eigenvalue weighted by Gasteiger charge is -2.30. The van der Waals surface area contributed by atoms with Gasteiger partial charge in [0.25, 0.3) is 0 Å². The summed E-state index contributed by atoms with van der Waals surface area (Å²) in [7, 11) is -16.5. The molecule has 1 saturated heterocycles. The lowest BCUT2D eigenvalue weighted by Crippen LogP contribution is -2.46. The first kappa shape index (κ1) is 60.6. The standard InChI is InChI=1S/C41H66N7O18P3S/c1-4-5-6-7-8-9-10-11-12-13-14-15-16-17-18-19-29(49)24-32(51)70-23-22-43-31(50)20-21-44-39(54)36(53)41(2,3)26-63-69(60,61)66-68(58,59)62-25-30-35(65-67(55,56)57)34(52)40(64-30)48-28-47-33-37(42)45-27-46-38(33)48/h14-19,24,27-28,30,34-36,40,49,52-53H,4-13,20-23,25-26H2,1-3H3,(H,43,50)(H,44,54)(H,58,59)(H,60,61)(H2,42,45,46)(H2,55,56,57)/t30-,34-,35-,36+,40-/m1/s1. The Morgan fingerprint density at radius 1 is 0.929 bits per heavy atom. The van der Waals surface area contributed by atoms with Crippen LogP contribution in [0.15, 0.2) is 60.9 Å². The molecule has 2 unspecified atom stereocenters. The lowest BCUT2D eigenvalue weighted by molar-refractivity contribution is -0.137. The second kappa shape index (κ2) is 29.7. The number of imidazole rings is 1. The average Bonchev–Trinajstić information content (AvgIpc) is 3.84. The van der Waals surface area contributed by atoms with Gasteiger partial charge in [-0.05, 0) is 18.9 Å². The summed E-state index contributed by atoms with van der Waals surface area (Å²) in [5.74, 6) is -1.60. The van der Waals surface area contributed by atoms with Crippen LogP contribution in [0.25, 0.3) is 11.2 Å². The highest BCUT2D eigenvalue weighted by Crippen LogP contribution is 2.61. The van der Waals surface area contributed by atoms with Crippen LogP contribution in [0.3, 0.4) is 0 Å². The number of carbonyl (C=O) groups is 3. The number of aromatic nitrogens is 4. The highest BCUT2D eigenvalue weighted by Gasteiger charge is 2.50. The summed E-state index contributed by atoms with van der Waals surface area (Å²) in [5.41, 5.74) is 4.23. The van der Waals surface area contributed by atoms with Crippen LogP contribution < -0.4 is 16.4 Å². The quantitative estimate of drug-likeness (QED) is 0.0152. The first-order chi connectivity index (χ1) is 32.9. The van der Waals surface area contributed by atoms with Crippen molar-refractivity contribution in [3.63, 3.8) is 0 Å². The van der Waals surface area contributed by atoms with Crippen molar-refractivity contribution in [2.75, 3.05) is 37.8 Å². The van der Waals surface area contributed by atoms with E-state index in [1.54, 1.807) is 12.2 Å². The molecule has 2 aromatic heterocycles. The fourth-order valence-corrected chi connectivity index (χ4v) is 9.96. The highest BCUT2D eigenvalue weighted by molar-refractivity contribution is 8.14. The van der Waals surface area contributed by atoms with Gasteiger partial charge in [-0.15, -0.1) is 0 Å². The number of amides is 2. The number of fused-ring (bicyclic) bond motifs is 1. The number of hydrogen-bond acceptors (Lipinski definition) is 19. The molecule has 0 bridgehead atoms. The van der Waals surface area contributed by atoms with E-state index in [-0.39, 0.29) is 48.0 Å². The van der Waals surface area contributed by atoms with Gasteiger partial charge in [-0.25, -0.2) is 28.6 Å². The third-order valence-corrected chi connectivity index (χ3v) is 14.1. The van der Waals surface area contributed by atoms with Gasteiger partial charge in [0.1, 0.15) is 42.0 Å². The summed E-state index contributed by atoms with van der Waals surface area (Å²) in [4.78, 5) is 88.3. The van der Waals surface area contributed by atoms with Gasteiger partial charge in [-0.1, -0.05) is 114 Å². The summed E-state index contributed by atoms with van der Waals surface area (Å²) in [6.45, 7) is 2.49. The van der Waals surface area contributed by atoms with Crippen LogP contribution in [-0.4, -0.2) is 128 Å². The number of nitrogens with two attached hydrogens (primary N) is 1. The van der Waals surface area contributed by atoms with Gasteiger partial charge in [-0.3, -0.25) is 32.5 Å². The van der Waals surface area contributed by atoms with E-state index in [0.717, 1.165) is 47.9 Å². The molecule has 0 saturated carbocycles. The second-order valence-corrected chi connectivity index (χ2v) is 21.9. The molecule has 1 aliphatic heterocycles. The van der Waals surface area contributed by atoms with E-state index in [0.29, 0.717) is 0 Å². The van der Waals surface area contributed by atoms with Crippen LogP contribution in [0, 0.1) is 5.41 Å². The Bertz CT molecular complexity index is 2280. The number of hydrogen-bond donors (Lipinski definition) is 10. The van der Waals surface area contributed by atoms with Gasteiger partial charge in [0.15, 0.2) is 17.7 Å². The van der Waals surface area contributed by atoms with Crippen molar-refractivity contribution in [1.29, 1.82) is 0 Å². The third-order valence-electron chi connectivity index (χ3n) is 10.2. The molecule has 394 valence electrons. The number of unbranched alkanes of at least 4 members (excludes halogenated alkanes) is 9. The van der Waals surface area contributed by atoms with E-state index in [9.17, 15) is 63.0 Å². The Morgan fingerprint density at radius 2 is 1.59 bits per heavy atom. The van der Waals surface area contributed by atoms with Crippen molar-refractivity contribution in [3.05, 3.63) is 60.9 Å². The third kappa shape index (κ3) is 22.4. The smallest absolute Gasteiger partial charge is 0.481 e. The van der Waals surface area contributed by atoms with Crippen LogP contribution >= 0.6 is 35.2 Å². The number of anilines is 1. The van der Waals surface area contributed by atoms with Crippen LogP contribution in [0.2, 0.25) is 0 Å². The van der Waals surface area contributed by atoms with Gasteiger partial charge in [-0.2, -0.15) is 4.31 Å². The Labute approximate surface area is 409 Å². The molecule has 25 nitrogen and oxygen atoms in total. The van der Waals surface area contributed by atoms with E-state index in [4.69, 9.17) is 19.5 Å². The van der Waals surface area contributed by atoms with E-state index in [2.05, 4.69) is 47.4 Å². The molecular formula is C41H66N7O18P3S. The maximum atomic E-state index is 12.7. The van der Waals surface area contributed by atoms with Crippen LogP contribution in [0.5, 0.6) is 0 Å². The number of thioether (sulfide) groups is 1. The highest BCUT2D eigenvalue weighted by atomic mass is 32.2. The van der Waals surface area contributed by atoms with Gasteiger partial charge >= 0.3 is 23.5 Å². The van der Waals surface area contributed by atoms with Crippen molar-refractivity contribution in [3.8, 4) is 0 Å².